The summed E-state index contributed by atoms with van der Waals surface area (Å²) in [7, 11) is 0. The number of rotatable bonds is 3. The number of imidazole rings is 1. The van der Waals surface area contributed by atoms with Crippen molar-refractivity contribution in [3.05, 3.63) is 64.7 Å². The monoisotopic (exact) mass is 288 g/mol. The average Bonchev–Trinajstić information content (AvgIpc) is 2.82. The molecular weight excluding hydrogens is 275 g/mol. The van der Waals surface area contributed by atoms with E-state index in [1.165, 1.54) is 6.07 Å². The van der Waals surface area contributed by atoms with Gasteiger partial charge in [0.1, 0.15) is 11.6 Å². The van der Waals surface area contributed by atoms with Gasteiger partial charge in [-0.05, 0) is 23.8 Å². The molecule has 0 amide bonds. The highest BCUT2D eigenvalue weighted by molar-refractivity contribution is 6.31. The molecule has 0 fully saturated rings. The summed E-state index contributed by atoms with van der Waals surface area (Å²) < 4.78 is 15.6. The molecule has 2 nitrogen and oxygen atoms in total. The first-order valence-electron chi connectivity index (χ1n) is 6.57. The van der Waals surface area contributed by atoms with E-state index in [0.29, 0.717) is 6.54 Å². The maximum atomic E-state index is 13.5. The van der Waals surface area contributed by atoms with Crippen LogP contribution >= 0.6 is 11.6 Å². The zero-order valence-electron chi connectivity index (χ0n) is 11.1. The van der Waals surface area contributed by atoms with Crippen LogP contribution in [0, 0.1) is 5.82 Å². The van der Waals surface area contributed by atoms with Gasteiger partial charge in [-0.25, -0.2) is 9.37 Å². The number of aryl methyl sites for hydroxylation is 1. The summed E-state index contributed by atoms with van der Waals surface area (Å²) in [5, 5.41) is 0.187. The minimum absolute atomic E-state index is 0.187. The van der Waals surface area contributed by atoms with Crippen LogP contribution in [0.15, 0.2) is 42.5 Å². The van der Waals surface area contributed by atoms with Gasteiger partial charge in [-0.1, -0.05) is 42.8 Å². The van der Waals surface area contributed by atoms with Gasteiger partial charge in [0.25, 0.3) is 0 Å². The summed E-state index contributed by atoms with van der Waals surface area (Å²) in [5.74, 6) is 0.596. The molecule has 0 aliphatic rings. The van der Waals surface area contributed by atoms with E-state index in [-0.39, 0.29) is 10.8 Å². The van der Waals surface area contributed by atoms with Crippen molar-refractivity contribution in [2.24, 2.45) is 0 Å². The smallest absolute Gasteiger partial charge is 0.142 e. The number of aromatic nitrogens is 2. The van der Waals surface area contributed by atoms with E-state index >= 15 is 0 Å². The van der Waals surface area contributed by atoms with Crippen molar-refractivity contribution in [1.29, 1.82) is 0 Å². The second-order valence-corrected chi connectivity index (χ2v) is 5.05. The molecule has 0 spiro atoms. The first-order chi connectivity index (χ1) is 9.70. The summed E-state index contributed by atoms with van der Waals surface area (Å²) >= 11 is 6.05. The van der Waals surface area contributed by atoms with Crippen LogP contribution in [0.5, 0.6) is 0 Å². The lowest BCUT2D eigenvalue weighted by atomic mass is 10.2. The molecule has 0 N–H and O–H groups in total. The first-order valence-corrected chi connectivity index (χ1v) is 6.95. The van der Waals surface area contributed by atoms with Gasteiger partial charge >= 0.3 is 0 Å². The van der Waals surface area contributed by atoms with Gasteiger partial charge in [-0.2, -0.15) is 0 Å². The van der Waals surface area contributed by atoms with E-state index in [1.807, 2.05) is 30.3 Å². The molecule has 2 aromatic carbocycles. The molecule has 3 aromatic rings. The third-order valence-electron chi connectivity index (χ3n) is 3.41. The standard InChI is InChI=1S/C16H14ClFN2/c1-2-15-19-13-8-3-4-9-14(13)20(15)10-11-6-5-7-12(18)16(11)17/h3-9H,2,10H2,1H3. The molecule has 0 atom stereocenters. The van der Waals surface area contributed by atoms with E-state index in [1.54, 1.807) is 6.07 Å². The molecule has 1 aromatic heterocycles. The van der Waals surface area contributed by atoms with Crippen LogP contribution in [0.3, 0.4) is 0 Å². The van der Waals surface area contributed by atoms with Crippen molar-refractivity contribution in [2.45, 2.75) is 19.9 Å². The minimum atomic E-state index is -0.383. The molecule has 0 bridgehead atoms. The molecule has 102 valence electrons. The Labute approximate surface area is 121 Å². The Morgan fingerprint density at radius 3 is 2.75 bits per heavy atom. The zero-order valence-corrected chi connectivity index (χ0v) is 11.9. The fraction of sp³-hybridized carbons (Fsp3) is 0.188. The lowest BCUT2D eigenvalue weighted by Crippen LogP contribution is -2.05. The maximum Gasteiger partial charge on any atom is 0.142 e. The average molecular weight is 289 g/mol. The van der Waals surface area contributed by atoms with Crippen LogP contribution < -0.4 is 0 Å². The van der Waals surface area contributed by atoms with Crippen LogP contribution in [0.4, 0.5) is 4.39 Å². The quantitative estimate of drug-likeness (QED) is 0.697. The first kappa shape index (κ1) is 13.1. The number of hydrogen-bond donors (Lipinski definition) is 0. The van der Waals surface area contributed by atoms with Gasteiger partial charge in [0.05, 0.1) is 22.6 Å². The summed E-state index contributed by atoms with van der Waals surface area (Å²) in [5.41, 5.74) is 2.77. The van der Waals surface area contributed by atoms with Gasteiger partial charge in [-0.3, -0.25) is 0 Å². The third kappa shape index (κ3) is 2.18. The van der Waals surface area contributed by atoms with Crippen LogP contribution in [-0.2, 0) is 13.0 Å². The lowest BCUT2D eigenvalue weighted by molar-refractivity contribution is 0.623. The van der Waals surface area contributed by atoms with Crippen molar-refractivity contribution in [2.75, 3.05) is 0 Å². The molecule has 1 heterocycles. The van der Waals surface area contributed by atoms with E-state index in [0.717, 1.165) is 28.8 Å². The zero-order chi connectivity index (χ0) is 14.1. The topological polar surface area (TPSA) is 17.8 Å². The molecule has 0 radical (unpaired) electrons. The summed E-state index contributed by atoms with van der Waals surface area (Å²) in [6.45, 7) is 2.59. The Bertz CT molecular complexity index is 764. The predicted octanol–water partition coefficient (Wildman–Crippen LogP) is 4.44. The highest BCUT2D eigenvalue weighted by atomic mass is 35.5. The summed E-state index contributed by atoms with van der Waals surface area (Å²) in [6, 6.07) is 12.9. The SMILES string of the molecule is CCc1nc2ccccc2n1Cc1cccc(F)c1Cl. The van der Waals surface area contributed by atoms with E-state index in [2.05, 4.69) is 16.5 Å². The molecule has 20 heavy (non-hydrogen) atoms. The van der Waals surface area contributed by atoms with Crippen molar-refractivity contribution in [1.82, 2.24) is 9.55 Å². The van der Waals surface area contributed by atoms with Gasteiger partial charge in [0.2, 0.25) is 0 Å². The molecule has 4 heteroatoms. The second kappa shape index (κ2) is 5.25. The van der Waals surface area contributed by atoms with Crippen LogP contribution in [0.25, 0.3) is 11.0 Å². The highest BCUT2D eigenvalue weighted by Crippen LogP contribution is 2.24. The molecule has 3 rings (SSSR count). The van der Waals surface area contributed by atoms with Gasteiger partial charge in [0, 0.05) is 6.42 Å². The Hall–Kier alpha value is -1.87. The van der Waals surface area contributed by atoms with Gasteiger partial charge < -0.3 is 4.57 Å². The number of hydrogen-bond acceptors (Lipinski definition) is 1. The fourth-order valence-electron chi connectivity index (χ4n) is 2.41. The van der Waals surface area contributed by atoms with Crippen LogP contribution in [0.2, 0.25) is 5.02 Å². The predicted molar refractivity (Wildman–Crippen MR) is 79.6 cm³/mol. The minimum Gasteiger partial charge on any atom is -0.323 e. The van der Waals surface area contributed by atoms with Gasteiger partial charge in [-0.15, -0.1) is 0 Å². The molecule has 0 saturated heterocycles. The third-order valence-corrected chi connectivity index (χ3v) is 3.83. The van der Waals surface area contributed by atoms with Gasteiger partial charge in [0.15, 0.2) is 0 Å². The second-order valence-electron chi connectivity index (χ2n) is 4.67. The lowest BCUT2D eigenvalue weighted by Gasteiger charge is -2.10. The molecule has 0 aliphatic carbocycles. The maximum absolute atomic E-state index is 13.5. The summed E-state index contributed by atoms with van der Waals surface area (Å²) in [6.07, 6.45) is 0.821. The largest absolute Gasteiger partial charge is 0.323 e. The number of para-hydroxylation sites is 2. The van der Waals surface area contributed by atoms with Crippen molar-refractivity contribution < 1.29 is 4.39 Å². The van der Waals surface area contributed by atoms with Crippen molar-refractivity contribution in [3.63, 3.8) is 0 Å². The Morgan fingerprint density at radius 2 is 1.95 bits per heavy atom. The number of halogens is 2. The van der Waals surface area contributed by atoms with Crippen LogP contribution in [-0.4, -0.2) is 9.55 Å². The number of nitrogens with zero attached hydrogens (tertiary/aromatic N) is 2. The number of fused-ring (bicyclic) bond motifs is 1. The molecule has 0 aliphatic heterocycles. The normalized spacial score (nSPS) is 11.2. The molecule has 0 unspecified atom stereocenters. The highest BCUT2D eigenvalue weighted by Gasteiger charge is 2.12. The molecule has 0 saturated carbocycles. The van der Waals surface area contributed by atoms with E-state index in [9.17, 15) is 4.39 Å². The Kier molecular flexibility index (Phi) is 3.45. The van der Waals surface area contributed by atoms with Crippen molar-refractivity contribution >= 4 is 22.6 Å². The number of benzene rings is 2. The van der Waals surface area contributed by atoms with Crippen LogP contribution in [0.1, 0.15) is 18.3 Å². The summed E-state index contributed by atoms with van der Waals surface area (Å²) in [4.78, 5) is 4.61. The van der Waals surface area contributed by atoms with E-state index < -0.39 is 0 Å². The Balaban J connectivity index is 2.12. The van der Waals surface area contributed by atoms with E-state index in [4.69, 9.17) is 11.6 Å². The molecular formula is C16H14ClFN2. The Morgan fingerprint density at radius 1 is 1.15 bits per heavy atom. The fourth-order valence-corrected chi connectivity index (χ4v) is 2.60. The van der Waals surface area contributed by atoms with Crippen molar-refractivity contribution in [3.8, 4) is 0 Å².